The summed E-state index contributed by atoms with van der Waals surface area (Å²) < 4.78 is 0. The lowest BCUT2D eigenvalue weighted by molar-refractivity contribution is -0.385. The Bertz CT molecular complexity index is 1270. The molecule has 3 rings (SSSR count). The van der Waals surface area contributed by atoms with Crippen molar-refractivity contribution >= 4 is 59.8 Å². The van der Waals surface area contributed by atoms with Crippen molar-refractivity contribution in [2.45, 2.75) is 32.1 Å². The van der Waals surface area contributed by atoms with Crippen LogP contribution in [0.1, 0.15) is 33.5 Å². The van der Waals surface area contributed by atoms with E-state index in [1.807, 2.05) is 17.2 Å². The number of benzene rings is 3. The number of carboxylic acid groups (broad SMARTS) is 1. The van der Waals surface area contributed by atoms with E-state index in [0.717, 1.165) is 16.7 Å². The molecule has 1 atom stereocenters. The van der Waals surface area contributed by atoms with Crippen molar-refractivity contribution in [3.05, 3.63) is 115 Å². The number of hydrogen-bond donors (Lipinski definition) is 2. The second-order valence-corrected chi connectivity index (χ2v) is 9.82. The number of carbonyl (C=O) groups is 2. The summed E-state index contributed by atoms with van der Waals surface area (Å²) in [6.07, 6.45) is 2.17. The van der Waals surface area contributed by atoms with Crippen molar-refractivity contribution in [3.8, 4) is 0 Å². The van der Waals surface area contributed by atoms with E-state index >= 15 is 0 Å². The second kappa shape index (κ2) is 17.2. The number of aliphatic carboxylic acids is 1. The Morgan fingerprint density at radius 2 is 1.34 bits per heavy atom. The molecule has 14 heteroatoms. The summed E-state index contributed by atoms with van der Waals surface area (Å²) in [5, 5.41) is 34.1. The molecule has 0 aliphatic rings. The minimum atomic E-state index is -1.09. The van der Waals surface area contributed by atoms with Gasteiger partial charge in [-0.05, 0) is 47.3 Å². The number of carboxylic acids is 1. The number of halogens is 2. The van der Waals surface area contributed by atoms with E-state index in [0.29, 0.717) is 37.4 Å². The van der Waals surface area contributed by atoms with E-state index in [-0.39, 0.29) is 36.2 Å². The summed E-state index contributed by atoms with van der Waals surface area (Å²) in [7, 11) is 0. The first-order valence-corrected chi connectivity index (χ1v) is 13.4. The van der Waals surface area contributed by atoms with Gasteiger partial charge in [-0.2, -0.15) is 11.8 Å². The first-order valence-electron chi connectivity index (χ1n) is 12.0. The van der Waals surface area contributed by atoms with Gasteiger partial charge in [-0.15, -0.1) is 24.8 Å². The third kappa shape index (κ3) is 11.0. The van der Waals surface area contributed by atoms with Gasteiger partial charge in [0, 0.05) is 49.5 Å². The fourth-order valence-electron chi connectivity index (χ4n) is 3.93. The number of hydrogen-bond acceptors (Lipinski definition) is 8. The zero-order chi connectivity index (χ0) is 28.4. The standard InChI is InChI=1S/C27H28N4O7S.2ClH/c1-39-14-13-25(27(33)34)28-26(32)22-4-2-3-21(15-22)18-29(16-19-5-9-23(10-6-19)30(35)36)17-20-7-11-24(12-8-20)31(37)38;;/h2-12,15,25H,13-14,16-18H2,1H3,(H,28,32)(H,33,34);2*1H/t25-;;/m0../s1. The van der Waals surface area contributed by atoms with Crippen molar-refractivity contribution in [2.24, 2.45) is 0 Å². The highest BCUT2D eigenvalue weighted by atomic mass is 35.5. The maximum absolute atomic E-state index is 12.8. The van der Waals surface area contributed by atoms with Crippen LogP contribution in [0.2, 0.25) is 0 Å². The third-order valence-corrected chi connectivity index (χ3v) is 6.56. The van der Waals surface area contributed by atoms with Crippen LogP contribution in [-0.2, 0) is 24.4 Å². The molecule has 11 nitrogen and oxygen atoms in total. The zero-order valence-electron chi connectivity index (χ0n) is 22.0. The molecule has 0 fully saturated rings. The summed E-state index contributed by atoms with van der Waals surface area (Å²) in [4.78, 5) is 47.5. The molecule has 220 valence electrons. The average molecular weight is 626 g/mol. The normalized spacial score (nSPS) is 11.1. The molecule has 0 aromatic heterocycles. The molecule has 2 N–H and O–H groups in total. The lowest BCUT2D eigenvalue weighted by atomic mass is 10.1. The van der Waals surface area contributed by atoms with Gasteiger partial charge < -0.3 is 10.4 Å². The van der Waals surface area contributed by atoms with Crippen LogP contribution in [0.4, 0.5) is 11.4 Å². The van der Waals surface area contributed by atoms with Crippen molar-refractivity contribution in [1.29, 1.82) is 0 Å². The lowest BCUT2D eigenvalue weighted by Gasteiger charge is -2.23. The van der Waals surface area contributed by atoms with Crippen molar-refractivity contribution in [2.75, 3.05) is 12.0 Å². The van der Waals surface area contributed by atoms with Crippen LogP contribution in [0.15, 0.2) is 72.8 Å². The fourth-order valence-corrected chi connectivity index (χ4v) is 4.41. The van der Waals surface area contributed by atoms with E-state index in [2.05, 4.69) is 5.32 Å². The average Bonchev–Trinajstić information content (AvgIpc) is 2.91. The minimum Gasteiger partial charge on any atom is -0.480 e. The van der Waals surface area contributed by atoms with Crippen LogP contribution in [0.5, 0.6) is 0 Å². The maximum atomic E-state index is 12.8. The van der Waals surface area contributed by atoms with Crippen molar-refractivity contribution in [3.63, 3.8) is 0 Å². The molecule has 3 aromatic rings. The lowest BCUT2D eigenvalue weighted by Crippen LogP contribution is -2.41. The van der Waals surface area contributed by atoms with Gasteiger partial charge in [0.05, 0.1) is 9.85 Å². The van der Waals surface area contributed by atoms with Gasteiger partial charge in [0.1, 0.15) is 6.04 Å². The number of non-ortho nitro benzene ring substituents is 2. The minimum absolute atomic E-state index is 0. The third-order valence-electron chi connectivity index (χ3n) is 5.92. The summed E-state index contributed by atoms with van der Waals surface area (Å²) >= 11 is 1.50. The molecule has 0 bridgehead atoms. The van der Waals surface area contributed by atoms with E-state index in [4.69, 9.17) is 0 Å². The van der Waals surface area contributed by atoms with Crippen molar-refractivity contribution < 1.29 is 24.5 Å². The molecule has 0 saturated heterocycles. The van der Waals surface area contributed by atoms with Gasteiger partial charge in [0.15, 0.2) is 0 Å². The first kappa shape index (κ1) is 35.3. The molecule has 0 aliphatic carbocycles. The fraction of sp³-hybridized carbons (Fsp3) is 0.259. The highest BCUT2D eigenvalue weighted by molar-refractivity contribution is 7.98. The van der Waals surface area contributed by atoms with Gasteiger partial charge in [0.2, 0.25) is 0 Å². The SMILES string of the molecule is CSCC[C@H](NC(=O)c1cccc(CN(Cc2ccc([N+](=O)[O-])cc2)Cc2ccc([N+](=O)[O-])cc2)c1)C(=O)O.Cl.Cl. The molecule has 41 heavy (non-hydrogen) atoms. The number of nitro benzene ring substituents is 2. The molecule has 0 spiro atoms. The molecule has 1 amide bonds. The summed E-state index contributed by atoms with van der Waals surface area (Å²) in [5.74, 6) is -0.981. The number of nitrogens with one attached hydrogen (secondary N) is 1. The van der Waals surface area contributed by atoms with Gasteiger partial charge in [-0.3, -0.25) is 29.9 Å². The van der Waals surface area contributed by atoms with Gasteiger partial charge in [-0.25, -0.2) is 4.79 Å². The molecular formula is C27H30Cl2N4O7S. The monoisotopic (exact) mass is 624 g/mol. The Kier molecular flexibility index (Phi) is 14.8. The Labute approximate surface area is 253 Å². The van der Waals surface area contributed by atoms with E-state index in [9.17, 15) is 34.9 Å². The number of amides is 1. The van der Waals surface area contributed by atoms with Crippen molar-refractivity contribution in [1.82, 2.24) is 10.2 Å². The smallest absolute Gasteiger partial charge is 0.326 e. The number of nitrogens with zero attached hydrogens (tertiary/aromatic N) is 3. The van der Waals surface area contributed by atoms with Crippen LogP contribution in [0.3, 0.4) is 0 Å². The molecule has 0 saturated carbocycles. The number of carbonyl (C=O) groups excluding carboxylic acids is 1. The number of rotatable bonds is 14. The number of thioether (sulfide) groups is 1. The predicted octanol–water partition coefficient (Wildman–Crippen LogP) is 5.49. The van der Waals surface area contributed by atoms with Gasteiger partial charge in [-0.1, -0.05) is 36.4 Å². The highest BCUT2D eigenvalue weighted by Gasteiger charge is 2.20. The molecular weight excluding hydrogens is 595 g/mol. The van der Waals surface area contributed by atoms with Gasteiger partial charge >= 0.3 is 5.97 Å². The highest BCUT2D eigenvalue weighted by Crippen LogP contribution is 2.19. The van der Waals surface area contributed by atoms with Crippen LogP contribution in [-0.4, -0.2) is 49.8 Å². The second-order valence-electron chi connectivity index (χ2n) is 8.84. The molecule has 0 radical (unpaired) electrons. The molecule has 3 aromatic carbocycles. The largest absolute Gasteiger partial charge is 0.480 e. The predicted molar refractivity (Wildman–Crippen MR) is 162 cm³/mol. The summed E-state index contributed by atoms with van der Waals surface area (Å²) in [6.45, 7) is 1.23. The Hall–Kier alpha value is -3.71. The first-order chi connectivity index (χ1) is 18.7. The molecule has 0 heterocycles. The summed E-state index contributed by atoms with van der Waals surface area (Å²) in [6, 6.07) is 18.3. The Morgan fingerprint density at radius 1 is 0.854 bits per heavy atom. The molecule has 0 aliphatic heterocycles. The van der Waals surface area contributed by atoms with E-state index in [1.54, 1.807) is 42.5 Å². The quantitative estimate of drug-likeness (QED) is 0.175. The van der Waals surface area contributed by atoms with Gasteiger partial charge in [0.25, 0.3) is 17.3 Å². The maximum Gasteiger partial charge on any atom is 0.326 e. The number of nitro groups is 2. The zero-order valence-corrected chi connectivity index (χ0v) is 24.5. The van der Waals surface area contributed by atoms with E-state index < -0.39 is 27.8 Å². The van der Waals surface area contributed by atoms with E-state index in [1.165, 1.54) is 36.0 Å². The van der Waals surface area contributed by atoms with Crippen LogP contribution in [0.25, 0.3) is 0 Å². The Balaban J connectivity index is 0.00000420. The summed E-state index contributed by atoms with van der Waals surface area (Å²) in [5.41, 5.74) is 2.74. The van der Waals surface area contributed by atoms with Crippen LogP contribution >= 0.6 is 36.6 Å². The molecule has 0 unspecified atom stereocenters. The topological polar surface area (TPSA) is 156 Å². The van der Waals surface area contributed by atoms with Crippen LogP contribution < -0.4 is 5.32 Å². The Morgan fingerprint density at radius 3 is 1.78 bits per heavy atom. The van der Waals surface area contributed by atoms with Crippen LogP contribution in [0, 0.1) is 20.2 Å².